The summed E-state index contributed by atoms with van der Waals surface area (Å²) in [4.78, 5) is 0. The second kappa shape index (κ2) is 4.66. The first kappa shape index (κ1) is 12.0. The van der Waals surface area contributed by atoms with Crippen molar-refractivity contribution in [3.63, 3.8) is 0 Å². The summed E-state index contributed by atoms with van der Waals surface area (Å²) in [5.41, 5.74) is 7.19. The Kier molecular flexibility index (Phi) is 3.74. The van der Waals surface area contributed by atoms with Gasteiger partial charge in [-0.3, -0.25) is 10.1 Å². The molecule has 0 aliphatic heterocycles. The molecular formula is C10H17ClN4. The van der Waals surface area contributed by atoms with Gasteiger partial charge in [-0.2, -0.15) is 5.10 Å². The molecular weight excluding hydrogens is 212 g/mol. The van der Waals surface area contributed by atoms with Gasteiger partial charge in [0.15, 0.2) is 0 Å². The quantitative estimate of drug-likeness (QED) is 0.614. The van der Waals surface area contributed by atoms with E-state index in [2.05, 4.69) is 12.0 Å². The molecule has 0 aliphatic rings. The second-order valence-corrected chi connectivity index (χ2v) is 4.10. The Morgan fingerprint density at radius 2 is 2.20 bits per heavy atom. The number of hydrogen-bond acceptors (Lipinski definition) is 2. The SMILES string of the molecule is CCC(CC(=N)N)n1nc(C)c(Cl)c1C. The van der Waals surface area contributed by atoms with E-state index in [1.54, 1.807) is 0 Å². The predicted molar refractivity (Wildman–Crippen MR) is 62.6 cm³/mol. The van der Waals surface area contributed by atoms with E-state index in [4.69, 9.17) is 22.7 Å². The van der Waals surface area contributed by atoms with E-state index in [0.29, 0.717) is 11.4 Å². The molecule has 0 amide bonds. The van der Waals surface area contributed by atoms with Crippen LogP contribution in [0, 0.1) is 19.3 Å². The summed E-state index contributed by atoms with van der Waals surface area (Å²) in [5, 5.41) is 12.4. The van der Waals surface area contributed by atoms with E-state index in [9.17, 15) is 0 Å². The number of aryl methyl sites for hydroxylation is 1. The van der Waals surface area contributed by atoms with Crippen molar-refractivity contribution in [2.24, 2.45) is 5.73 Å². The molecule has 1 heterocycles. The number of aromatic nitrogens is 2. The van der Waals surface area contributed by atoms with Gasteiger partial charge in [0, 0.05) is 6.42 Å². The van der Waals surface area contributed by atoms with Crippen molar-refractivity contribution in [1.82, 2.24) is 9.78 Å². The fourth-order valence-corrected chi connectivity index (χ4v) is 1.78. The monoisotopic (exact) mass is 228 g/mol. The topological polar surface area (TPSA) is 67.7 Å². The minimum Gasteiger partial charge on any atom is -0.388 e. The number of nitrogens with one attached hydrogen (secondary N) is 1. The number of amidine groups is 1. The van der Waals surface area contributed by atoms with E-state index < -0.39 is 0 Å². The fraction of sp³-hybridized carbons (Fsp3) is 0.600. The predicted octanol–water partition coefficient (Wildman–Crippen LogP) is 2.43. The lowest BCUT2D eigenvalue weighted by molar-refractivity contribution is 0.441. The summed E-state index contributed by atoms with van der Waals surface area (Å²) in [6.07, 6.45) is 1.41. The lowest BCUT2D eigenvalue weighted by Crippen LogP contribution is -2.20. The van der Waals surface area contributed by atoms with Gasteiger partial charge in [0.05, 0.1) is 28.3 Å². The maximum Gasteiger partial charge on any atom is 0.0926 e. The molecule has 1 unspecified atom stereocenters. The zero-order chi connectivity index (χ0) is 11.6. The van der Waals surface area contributed by atoms with Crippen LogP contribution in [0.1, 0.15) is 37.2 Å². The van der Waals surface area contributed by atoms with Crippen LogP contribution < -0.4 is 5.73 Å². The molecule has 15 heavy (non-hydrogen) atoms. The van der Waals surface area contributed by atoms with E-state index in [-0.39, 0.29) is 11.9 Å². The molecule has 0 bridgehead atoms. The van der Waals surface area contributed by atoms with Crippen molar-refractivity contribution in [2.45, 2.75) is 39.7 Å². The van der Waals surface area contributed by atoms with Crippen LogP contribution in [0.4, 0.5) is 0 Å². The molecule has 0 aromatic carbocycles. The maximum atomic E-state index is 7.31. The van der Waals surface area contributed by atoms with Gasteiger partial charge in [-0.05, 0) is 20.3 Å². The standard InChI is InChI=1S/C10H17ClN4/c1-4-8(5-9(12)13)15-7(3)10(11)6(2)14-15/h8H,4-5H2,1-3H3,(H3,12,13). The third-order valence-electron chi connectivity index (χ3n) is 2.51. The minimum absolute atomic E-state index is 0.133. The van der Waals surface area contributed by atoms with Crippen LogP contribution >= 0.6 is 11.6 Å². The van der Waals surface area contributed by atoms with Crippen LogP contribution in [0.25, 0.3) is 0 Å². The van der Waals surface area contributed by atoms with Crippen molar-refractivity contribution in [3.05, 3.63) is 16.4 Å². The van der Waals surface area contributed by atoms with E-state index in [1.165, 1.54) is 0 Å². The molecule has 0 aliphatic carbocycles. The highest BCUT2D eigenvalue weighted by Crippen LogP contribution is 2.25. The van der Waals surface area contributed by atoms with Gasteiger partial charge in [0.2, 0.25) is 0 Å². The molecule has 0 radical (unpaired) electrons. The van der Waals surface area contributed by atoms with Gasteiger partial charge in [-0.1, -0.05) is 18.5 Å². The Morgan fingerprint density at radius 1 is 1.60 bits per heavy atom. The maximum absolute atomic E-state index is 7.31. The lowest BCUT2D eigenvalue weighted by atomic mass is 10.1. The van der Waals surface area contributed by atoms with Crippen molar-refractivity contribution in [2.75, 3.05) is 0 Å². The summed E-state index contributed by atoms with van der Waals surface area (Å²) in [7, 11) is 0. The zero-order valence-electron chi connectivity index (χ0n) is 9.34. The fourth-order valence-electron chi connectivity index (χ4n) is 1.66. The van der Waals surface area contributed by atoms with E-state index in [0.717, 1.165) is 17.8 Å². The Labute approximate surface area is 94.9 Å². The molecule has 0 fully saturated rings. The molecule has 0 saturated heterocycles. The zero-order valence-corrected chi connectivity index (χ0v) is 10.1. The highest BCUT2D eigenvalue weighted by molar-refractivity contribution is 6.31. The smallest absolute Gasteiger partial charge is 0.0926 e. The molecule has 1 atom stereocenters. The molecule has 3 N–H and O–H groups in total. The molecule has 1 rings (SSSR count). The van der Waals surface area contributed by atoms with Gasteiger partial charge in [0.1, 0.15) is 0 Å². The van der Waals surface area contributed by atoms with Crippen LogP contribution in [0.15, 0.2) is 0 Å². The Bertz CT molecular complexity index is 370. The average Bonchev–Trinajstić information content (AvgIpc) is 2.42. The highest BCUT2D eigenvalue weighted by Gasteiger charge is 2.17. The summed E-state index contributed by atoms with van der Waals surface area (Å²) in [6, 6.07) is 0.133. The lowest BCUT2D eigenvalue weighted by Gasteiger charge is -2.16. The van der Waals surface area contributed by atoms with Crippen molar-refractivity contribution < 1.29 is 0 Å². The summed E-state index contributed by atoms with van der Waals surface area (Å²) in [6.45, 7) is 5.87. The van der Waals surface area contributed by atoms with Crippen LogP contribution in [-0.4, -0.2) is 15.6 Å². The molecule has 1 aromatic rings. The van der Waals surface area contributed by atoms with Crippen molar-refractivity contribution in [1.29, 1.82) is 5.41 Å². The molecule has 5 heteroatoms. The first-order chi connectivity index (χ1) is 6.97. The van der Waals surface area contributed by atoms with Gasteiger partial charge < -0.3 is 5.73 Å². The number of hydrogen-bond donors (Lipinski definition) is 2. The van der Waals surface area contributed by atoms with E-state index >= 15 is 0 Å². The van der Waals surface area contributed by atoms with Crippen molar-refractivity contribution >= 4 is 17.4 Å². The largest absolute Gasteiger partial charge is 0.388 e. The summed E-state index contributed by atoms with van der Waals surface area (Å²) in [5.74, 6) is 0.186. The summed E-state index contributed by atoms with van der Waals surface area (Å²) < 4.78 is 1.87. The minimum atomic E-state index is 0.133. The molecule has 0 saturated carbocycles. The number of halogens is 1. The number of rotatable bonds is 4. The Balaban J connectivity index is 3.01. The van der Waals surface area contributed by atoms with Crippen LogP contribution in [0.2, 0.25) is 5.02 Å². The van der Waals surface area contributed by atoms with Crippen LogP contribution in [-0.2, 0) is 0 Å². The average molecular weight is 229 g/mol. The van der Waals surface area contributed by atoms with E-state index in [1.807, 2.05) is 18.5 Å². The number of nitrogens with two attached hydrogens (primary N) is 1. The van der Waals surface area contributed by atoms with Crippen LogP contribution in [0.3, 0.4) is 0 Å². The Hall–Kier alpha value is -1.03. The molecule has 0 spiro atoms. The third-order valence-corrected chi connectivity index (χ3v) is 3.06. The van der Waals surface area contributed by atoms with Gasteiger partial charge in [-0.15, -0.1) is 0 Å². The number of nitrogens with zero attached hydrogens (tertiary/aromatic N) is 2. The summed E-state index contributed by atoms with van der Waals surface area (Å²) >= 11 is 6.07. The first-order valence-electron chi connectivity index (χ1n) is 5.01. The van der Waals surface area contributed by atoms with Gasteiger partial charge >= 0.3 is 0 Å². The molecule has 1 aromatic heterocycles. The normalized spacial score (nSPS) is 12.8. The van der Waals surface area contributed by atoms with Gasteiger partial charge in [0.25, 0.3) is 0 Å². The molecule has 84 valence electrons. The second-order valence-electron chi connectivity index (χ2n) is 3.72. The third kappa shape index (κ3) is 2.50. The van der Waals surface area contributed by atoms with Crippen molar-refractivity contribution in [3.8, 4) is 0 Å². The van der Waals surface area contributed by atoms with Gasteiger partial charge in [-0.25, -0.2) is 0 Å². The first-order valence-corrected chi connectivity index (χ1v) is 5.39. The Morgan fingerprint density at radius 3 is 2.53 bits per heavy atom. The van der Waals surface area contributed by atoms with Crippen LogP contribution in [0.5, 0.6) is 0 Å². The molecule has 4 nitrogen and oxygen atoms in total. The highest BCUT2D eigenvalue weighted by atomic mass is 35.5.